The minimum Gasteiger partial charge on any atom is -0.452 e. The van der Waals surface area contributed by atoms with Gasteiger partial charge in [-0.2, -0.15) is 0 Å². The Morgan fingerprint density at radius 3 is 1.11 bits per heavy atom. The molecule has 0 aliphatic rings. The molecule has 11 rings (SSSR count). The topological polar surface area (TPSA) is 32.8 Å². The second-order valence-electron chi connectivity index (χ2n) is 18.7. The molecular weight excluding hydrogens is 757 g/mol. The molecule has 11 aromatic rings. The summed E-state index contributed by atoms with van der Waals surface area (Å²) in [5.41, 5.74) is 12.5. The van der Waals surface area contributed by atoms with E-state index in [2.05, 4.69) is 233 Å². The molecule has 2 heterocycles. The van der Waals surface area contributed by atoms with Gasteiger partial charge < -0.3 is 18.6 Å². The van der Waals surface area contributed by atoms with Crippen LogP contribution in [0.2, 0.25) is 0 Å². The van der Waals surface area contributed by atoms with Gasteiger partial charge >= 0.3 is 0 Å². The van der Waals surface area contributed by atoms with Gasteiger partial charge in [0.1, 0.15) is 11.2 Å². The van der Waals surface area contributed by atoms with E-state index in [9.17, 15) is 0 Å². The number of anilines is 6. The molecular formula is C58H48N2O2. The van der Waals surface area contributed by atoms with Crippen LogP contribution in [0.15, 0.2) is 191 Å². The molecule has 2 aromatic heterocycles. The van der Waals surface area contributed by atoms with Crippen molar-refractivity contribution in [1.82, 2.24) is 0 Å². The highest BCUT2D eigenvalue weighted by Gasteiger charge is 2.25. The van der Waals surface area contributed by atoms with E-state index in [-0.39, 0.29) is 10.8 Å². The average Bonchev–Trinajstić information content (AvgIpc) is 3.82. The van der Waals surface area contributed by atoms with Gasteiger partial charge in [0.05, 0.1) is 0 Å². The van der Waals surface area contributed by atoms with Gasteiger partial charge in [-0.15, -0.1) is 0 Å². The van der Waals surface area contributed by atoms with Crippen LogP contribution in [0.5, 0.6) is 0 Å². The van der Waals surface area contributed by atoms with E-state index >= 15 is 0 Å². The fraction of sp³-hybridized carbons (Fsp3) is 0.138. The molecule has 302 valence electrons. The predicted octanol–water partition coefficient (Wildman–Crippen LogP) is 17.3. The molecule has 0 aliphatic heterocycles. The van der Waals surface area contributed by atoms with Crippen LogP contribution in [0.4, 0.5) is 34.1 Å². The molecule has 0 bridgehead atoms. The minimum atomic E-state index is -0.0407. The summed E-state index contributed by atoms with van der Waals surface area (Å²) in [6, 6.07) is 65.6. The van der Waals surface area contributed by atoms with Gasteiger partial charge in [-0.1, -0.05) is 126 Å². The van der Waals surface area contributed by atoms with Crippen molar-refractivity contribution in [2.24, 2.45) is 0 Å². The first-order valence-corrected chi connectivity index (χ1v) is 21.6. The molecule has 0 saturated heterocycles. The Morgan fingerprint density at radius 2 is 0.710 bits per heavy atom. The zero-order valence-corrected chi connectivity index (χ0v) is 36.0. The second kappa shape index (κ2) is 14.1. The maximum Gasteiger partial charge on any atom is 0.178 e. The summed E-state index contributed by atoms with van der Waals surface area (Å²) >= 11 is 0. The van der Waals surface area contributed by atoms with Crippen LogP contribution in [0.1, 0.15) is 52.7 Å². The third-order valence-corrected chi connectivity index (χ3v) is 12.4. The smallest absolute Gasteiger partial charge is 0.178 e. The first kappa shape index (κ1) is 37.7. The fourth-order valence-electron chi connectivity index (χ4n) is 9.42. The normalized spacial score (nSPS) is 12.4. The van der Waals surface area contributed by atoms with Crippen molar-refractivity contribution in [2.75, 3.05) is 9.80 Å². The van der Waals surface area contributed by atoms with Crippen molar-refractivity contribution in [2.45, 2.75) is 52.4 Å². The largest absolute Gasteiger partial charge is 0.452 e. The highest BCUT2D eigenvalue weighted by molar-refractivity contribution is 6.21. The SMILES string of the molecule is CC(C)(C)c1ccccc1N(c1ccccc1)c1ccc2cc3c(cc2c1)oc1c3ccc2c3cc4ccc(N(c5ccccc5)c5ccccc5C(C)(C)C)cc4cc3oc21. The molecule has 0 radical (unpaired) electrons. The summed E-state index contributed by atoms with van der Waals surface area (Å²) in [5, 5.41) is 8.78. The van der Waals surface area contributed by atoms with Crippen LogP contribution in [0, 0.1) is 0 Å². The zero-order valence-electron chi connectivity index (χ0n) is 36.0. The van der Waals surface area contributed by atoms with Crippen molar-refractivity contribution in [1.29, 1.82) is 0 Å². The Hall–Kier alpha value is -7.30. The standard InChI is InChI=1S/C58H48N2O2/c1-57(2,3)49-21-13-15-23-51(49)59(41-17-9-7-10-18-41)43-27-25-37-33-47-45-29-30-46-48-34-38-26-28-44(32-40(38)36-54(48)62-56(46)55(45)61-53(47)35-39(37)31-43)60(42-19-11-8-12-20-42)52-24-16-14-22-50(52)58(4,5)6/h7-36H,1-6H3. The number of rotatable bonds is 6. The van der Waals surface area contributed by atoms with Gasteiger partial charge in [0.15, 0.2) is 11.2 Å². The van der Waals surface area contributed by atoms with Crippen molar-refractivity contribution in [3.8, 4) is 0 Å². The molecule has 0 aliphatic carbocycles. The molecule has 0 amide bonds. The lowest BCUT2D eigenvalue weighted by Gasteiger charge is -2.32. The van der Waals surface area contributed by atoms with Crippen LogP contribution < -0.4 is 9.80 Å². The number of hydrogen-bond acceptors (Lipinski definition) is 4. The summed E-state index contributed by atoms with van der Waals surface area (Å²) in [4.78, 5) is 4.75. The van der Waals surface area contributed by atoms with Crippen molar-refractivity contribution in [3.05, 3.63) is 193 Å². The van der Waals surface area contributed by atoms with E-state index in [1.165, 1.54) is 22.5 Å². The van der Waals surface area contributed by atoms with Crippen LogP contribution in [0.25, 0.3) is 65.4 Å². The molecule has 4 nitrogen and oxygen atoms in total. The number of hydrogen-bond donors (Lipinski definition) is 0. The van der Waals surface area contributed by atoms with Gasteiger partial charge in [-0.3, -0.25) is 0 Å². The van der Waals surface area contributed by atoms with Gasteiger partial charge in [-0.25, -0.2) is 0 Å². The van der Waals surface area contributed by atoms with Crippen molar-refractivity contribution in [3.63, 3.8) is 0 Å². The maximum absolute atomic E-state index is 6.81. The predicted molar refractivity (Wildman–Crippen MR) is 263 cm³/mol. The minimum absolute atomic E-state index is 0.0407. The monoisotopic (exact) mass is 804 g/mol. The molecule has 0 spiro atoms. The average molecular weight is 805 g/mol. The van der Waals surface area contributed by atoms with Crippen LogP contribution in [0.3, 0.4) is 0 Å². The number of para-hydroxylation sites is 4. The van der Waals surface area contributed by atoms with Crippen LogP contribution in [-0.2, 0) is 10.8 Å². The number of benzene rings is 9. The summed E-state index contributed by atoms with van der Waals surface area (Å²) < 4.78 is 13.6. The molecule has 0 N–H and O–H groups in total. The van der Waals surface area contributed by atoms with Crippen molar-refractivity contribution >= 4 is 99.5 Å². The molecule has 0 atom stereocenters. The molecule has 4 heteroatoms. The van der Waals surface area contributed by atoms with E-state index in [1.807, 2.05) is 0 Å². The molecule has 0 saturated carbocycles. The molecule has 0 fully saturated rings. The van der Waals surface area contributed by atoms with Gasteiger partial charge in [-0.05, 0) is 141 Å². The third-order valence-electron chi connectivity index (χ3n) is 12.4. The first-order valence-electron chi connectivity index (χ1n) is 21.6. The van der Waals surface area contributed by atoms with E-state index in [0.717, 1.165) is 88.2 Å². The lowest BCUT2D eigenvalue weighted by Crippen LogP contribution is -2.19. The number of nitrogens with zero attached hydrogens (tertiary/aromatic N) is 2. The Balaban J connectivity index is 1.03. The van der Waals surface area contributed by atoms with Gasteiger partial charge in [0.2, 0.25) is 0 Å². The van der Waals surface area contributed by atoms with Crippen LogP contribution >= 0.6 is 0 Å². The van der Waals surface area contributed by atoms with E-state index < -0.39 is 0 Å². The highest BCUT2D eigenvalue weighted by Crippen LogP contribution is 2.46. The molecule has 62 heavy (non-hydrogen) atoms. The summed E-state index contributed by atoms with van der Waals surface area (Å²) in [6.45, 7) is 13.7. The Morgan fingerprint density at radius 1 is 0.323 bits per heavy atom. The first-order chi connectivity index (χ1) is 30.0. The van der Waals surface area contributed by atoms with Gasteiger partial charge in [0, 0.05) is 55.7 Å². The van der Waals surface area contributed by atoms with Gasteiger partial charge in [0.25, 0.3) is 0 Å². The number of furan rings is 2. The summed E-state index contributed by atoms with van der Waals surface area (Å²) in [5.74, 6) is 0. The van der Waals surface area contributed by atoms with E-state index in [0.29, 0.717) is 0 Å². The number of fused-ring (bicyclic) bond motifs is 9. The van der Waals surface area contributed by atoms with Crippen LogP contribution in [-0.4, -0.2) is 0 Å². The fourth-order valence-corrected chi connectivity index (χ4v) is 9.42. The van der Waals surface area contributed by atoms with E-state index in [4.69, 9.17) is 8.83 Å². The van der Waals surface area contributed by atoms with E-state index in [1.54, 1.807) is 0 Å². The summed E-state index contributed by atoms with van der Waals surface area (Å²) in [7, 11) is 0. The zero-order chi connectivity index (χ0) is 42.3. The quantitative estimate of drug-likeness (QED) is 0.168. The molecule has 0 unspecified atom stereocenters. The Kier molecular flexibility index (Phi) is 8.59. The third kappa shape index (κ3) is 6.29. The second-order valence-corrected chi connectivity index (χ2v) is 18.7. The van der Waals surface area contributed by atoms with Crippen molar-refractivity contribution < 1.29 is 8.83 Å². The lowest BCUT2D eigenvalue weighted by molar-refractivity contribution is 0.590. The Labute approximate surface area is 362 Å². The highest BCUT2D eigenvalue weighted by atomic mass is 16.4. The lowest BCUT2D eigenvalue weighted by atomic mass is 9.85. The summed E-state index contributed by atoms with van der Waals surface area (Å²) in [6.07, 6.45) is 0. The maximum atomic E-state index is 6.81. The molecule has 9 aromatic carbocycles. The Bertz CT molecular complexity index is 3260.